The fourth-order valence-electron chi connectivity index (χ4n) is 1.87. The minimum Gasteiger partial charge on any atom is -0.493 e. The summed E-state index contributed by atoms with van der Waals surface area (Å²) >= 11 is 3.48. The first-order chi connectivity index (χ1) is 11.8. The van der Waals surface area contributed by atoms with Gasteiger partial charge in [0.05, 0.1) is 12.5 Å². The summed E-state index contributed by atoms with van der Waals surface area (Å²) in [6.07, 6.45) is 0.0608. The van der Waals surface area contributed by atoms with Gasteiger partial charge >= 0.3 is 12.1 Å². The van der Waals surface area contributed by atoms with Gasteiger partial charge in [0.2, 0.25) is 0 Å². The Morgan fingerprint density at radius 2 is 1.69 bits per heavy atom. The highest BCUT2D eigenvalue weighted by Gasteiger charge is 2.25. The number of hydrogen-bond acceptors (Lipinski definition) is 5. The second-order valence-corrected chi connectivity index (χ2v) is 8.77. The highest BCUT2D eigenvalue weighted by atomic mass is 79.9. The molecule has 0 radical (unpaired) electrons. The van der Waals surface area contributed by atoms with E-state index in [4.69, 9.17) is 14.2 Å². The van der Waals surface area contributed by atoms with Crippen LogP contribution in [0.5, 0.6) is 11.5 Å². The lowest BCUT2D eigenvalue weighted by atomic mass is 9.97. The Labute approximate surface area is 163 Å². The molecule has 1 amide bonds. The first-order valence-electron chi connectivity index (χ1n) is 8.39. The van der Waals surface area contributed by atoms with E-state index in [1.54, 1.807) is 32.9 Å². The third kappa shape index (κ3) is 7.23. The zero-order chi connectivity index (χ0) is 20.1. The van der Waals surface area contributed by atoms with Crippen molar-refractivity contribution in [3.63, 3.8) is 0 Å². The molecule has 1 aromatic carbocycles. The van der Waals surface area contributed by atoms with E-state index in [2.05, 4.69) is 21.2 Å². The molecule has 0 aromatic heterocycles. The van der Waals surface area contributed by atoms with Crippen molar-refractivity contribution in [2.45, 2.75) is 53.6 Å². The predicted molar refractivity (Wildman–Crippen MR) is 104 cm³/mol. The Morgan fingerprint density at radius 1 is 1.08 bits per heavy atom. The molecule has 0 saturated heterocycles. The van der Waals surface area contributed by atoms with Crippen molar-refractivity contribution in [1.82, 2.24) is 5.32 Å². The lowest BCUT2D eigenvalue weighted by molar-refractivity contribution is -0.143. The highest BCUT2D eigenvalue weighted by Crippen LogP contribution is 2.35. The van der Waals surface area contributed by atoms with Gasteiger partial charge in [0.25, 0.3) is 0 Å². The molecule has 0 fully saturated rings. The summed E-state index contributed by atoms with van der Waals surface area (Å²) in [4.78, 5) is 23.9. The number of ether oxygens (including phenoxy) is 3. The maximum Gasteiger partial charge on any atom is 0.407 e. The summed E-state index contributed by atoms with van der Waals surface area (Å²) in [6.45, 7) is 11.2. The van der Waals surface area contributed by atoms with Crippen LogP contribution in [0.25, 0.3) is 0 Å². The Hall–Kier alpha value is -1.76. The molecule has 7 heteroatoms. The number of hydrogen-bond donors (Lipinski definition) is 1. The minimum absolute atomic E-state index is 0.350. The number of halogens is 1. The topological polar surface area (TPSA) is 73.9 Å². The molecule has 146 valence electrons. The van der Waals surface area contributed by atoms with Gasteiger partial charge in [0.1, 0.15) is 5.60 Å². The second-order valence-electron chi connectivity index (χ2n) is 7.91. The smallest absolute Gasteiger partial charge is 0.407 e. The average Bonchev–Trinajstić information content (AvgIpc) is 2.47. The van der Waals surface area contributed by atoms with E-state index in [0.717, 1.165) is 10.0 Å². The van der Waals surface area contributed by atoms with Crippen molar-refractivity contribution in [3.8, 4) is 11.5 Å². The van der Waals surface area contributed by atoms with Crippen LogP contribution in [-0.2, 0) is 16.0 Å². The van der Waals surface area contributed by atoms with Crippen LogP contribution in [0.4, 0.5) is 4.79 Å². The van der Waals surface area contributed by atoms with Gasteiger partial charge < -0.3 is 19.5 Å². The van der Waals surface area contributed by atoms with Gasteiger partial charge in [-0.1, -0.05) is 15.9 Å². The number of amides is 1. The summed E-state index contributed by atoms with van der Waals surface area (Å²) in [7, 11) is 1.51. The van der Waals surface area contributed by atoms with Gasteiger partial charge in [0.15, 0.2) is 11.5 Å². The van der Waals surface area contributed by atoms with E-state index in [1.807, 2.05) is 20.8 Å². The number of methoxy groups -OCH3 is 1. The van der Waals surface area contributed by atoms with Crippen molar-refractivity contribution in [2.75, 3.05) is 13.7 Å². The molecule has 0 aliphatic rings. The molecule has 1 rings (SSSR count). The molecule has 1 N–H and O–H groups in total. The van der Waals surface area contributed by atoms with Gasteiger partial charge in [-0.2, -0.15) is 0 Å². The monoisotopic (exact) mass is 429 g/mol. The molecule has 0 saturated carbocycles. The number of carbonyl (C=O) groups excluding carboxylic acids is 2. The Bertz CT molecular complexity index is 659. The van der Waals surface area contributed by atoms with E-state index < -0.39 is 17.1 Å². The first kappa shape index (κ1) is 22.3. The largest absolute Gasteiger partial charge is 0.493 e. The molecule has 0 spiro atoms. The fourth-order valence-corrected chi connectivity index (χ4v) is 2.40. The molecule has 0 aliphatic carbocycles. The zero-order valence-corrected chi connectivity index (χ0v) is 18.1. The third-order valence-corrected chi connectivity index (χ3v) is 3.95. The number of benzene rings is 1. The molecule has 0 atom stereocenters. The van der Waals surface area contributed by atoms with Gasteiger partial charge in [-0.05, 0) is 65.7 Å². The number of esters is 1. The quantitative estimate of drug-likeness (QED) is 0.551. The minimum atomic E-state index is -0.628. The Morgan fingerprint density at radius 3 is 2.19 bits per heavy atom. The van der Waals surface area contributed by atoms with E-state index in [0.29, 0.717) is 24.5 Å². The van der Waals surface area contributed by atoms with Gasteiger partial charge in [0, 0.05) is 11.0 Å². The lowest BCUT2D eigenvalue weighted by Crippen LogP contribution is -2.33. The fraction of sp³-hybridized carbons (Fsp3) is 0.579. The predicted octanol–water partition coefficient (Wildman–Crippen LogP) is 4.48. The van der Waals surface area contributed by atoms with Crippen LogP contribution in [0, 0.1) is 5.41 Å². The van der Waals surface area contributed by atoms with Gasteiger partial charge in [-0.25, -0.2) is 4.79 Å². The number of carbonyl (C=O) groups is 2. The Kier molecular flexibility index (Phi) is 7.50. The van der Waals surface area contributed by atoms with Crippen LogP contribution in [0.15, 0.2) is 16.6 Å². The summed E-state index contributed by atoms with van der Waals surface area (Å²) < 4.78 is 16.8. The molecule has 1 aromatic rings. The van der Waals surface area contributed by atoms with Crippen molar-refractivity contribution in [2.24, 2.45) is 5.41 Å². The van der Waals surface area contributed by atoms with E-state index in [9.17, 15) is 9.59 Å². The molecule has 0 heterocycles. The van der Waals surface area contributed by atoms with Crippen LogP contribution >= 0.6 is 15.9 Å². The van der Waals surface area contributed by atoms with Crippen LogP contribution in [0.2, 0.25) is 0 Å². The summed E-state index contributed by atoms with van der Waals surface area (Å²) in [5, 5.41) is 2.71. The standard InChI is InChI=1S/C19H28BrNO5/c1-18(2,3)16(22)25-15-10-12(13(20)11-14(15)24-7)8-9-21-17(23)26-19(4,5)6/h10-11H,8-9H2,1-7H3,(H,21,23). The van der Waals surface area contributed by atoms with Crippen molar-refractivity contribution in [3.05, 3.63) is 22.2 Å². The average molecular weight is 430 g/mol. The molecule has 6 nitrogen and oxygen atoms in total. The summed E-state index contributed by atoms with van der Waals surface area (Å²) in [6, 6.07) is 3.48. The number of rotatable bonds is 5. The van der Waals surface area contributed by atoms with E-state index in [1.165, 1.54) is 7.11 Å². The molecular weight excluding hydrogens is 402 g/mol. The van der Waals surface area contributed by atoms with Crippen LogP contribution < -0.4 is 14.8 Å². The molecule has 0 unspecified atom stereocenters. The normalized spacial score (nSPS) is 11.7. The van der Waals surface area contributed by atoms with Crippen LogP contribution in [0.3, 0.4) is 0 Å². The molecule has 0 aliphatic heterocycles. The van der Waals surface area contributed by atoms with E-state index in [-0.39, 0.29) is 5.97 Å². The van der Waals surface area contributed by atoms with Gasteiger partial charge in [-0.3, -0.25) is 4.79 Å². The number of alkyl carbamates (subject to hydrolysis) is 1. The number of nitrogens with one attached hydrogen (secondary N) is 1. The Balaban J connectivity index is 2.84. The maximum atomic E-state index is 12.2. The van der Waals surface area contributed by atoms with Gasteiger partial charge in [-0.15, -0.1) is 0 Å². The van der Waals surface area contributed by atoms with Crippen LogP contribution in [-0.4, -0.2) is 31.3 Å². The maximum absolute atomic E-state index is 12.2. The molecule has 26 heavy (non-hydrogen) atoms. The second kappa shape index (κ2) is 8.75. The van der Waals surface area contributed by atoms with Crippen molar-refractivity contribution < 1.29 is 23.8 Å². The summed E-state index contributed by atoms with van der Waals surface area (Å²) in [5.41, 5.74) is -0.297. The van der Waals surface area contributed by atoms with Crippen LogP contribution in [0.1, 0.15) is 47.1 Å². The van der Waals surface area contributed by atoms with Crippen molar-refractivity contribution >= 4 is 28.0 Å². The lowest BCUT2D eigenvalue weighted by Gasteiger charge is -2.20. The summed E-state index contributed by atoms with van der Waals surface area (Å²) in [5.74, 6) is 0.456. The highest BCUT2D eigenvalue weighted by molar-refractivity contribution is 9.10. The van der Waals surface area contributed by atoms with Crippen molar-refractivity contribution in [1.29, 1.82) is 0 Å². The van der Waals surface area contributed by atoms with E-state index >= 15 is 0 Å². The SMILES string of the molecule is COc1cc(Br)c(CCNC(=O)OC(C)(C)C)cc1OC(=O)C(C)(C)C. The third-order valence-electron chi connectivity index (χ3n) is 3.21. The molecular formula is C19H28BrNO5. The zero-order valence-electron chi connectivity index (χ0n) is 16.5. The first-order valence-corrected chi connectivity index (χ1v) is 9.18. The molecule has 0 bridgehead atoms.